The molecule has 0 saturated carbocycles. The largest absolute Gasteiger partial charge is 0.465 e. The van der Waals surface area contributed by atoms with E-state index in [0.29, 0.717) is 19.4 Å². The van der Waals surface area contributed by atoms with Crippen LogP contribution in [-0.4, -0.2) is 24.1 Å². The molecule has 1 aliphatic rings. The van der Waals surface area contributed by atoms with Crippen molar-refractivity contribution >= 4 is 17.5 Å². The second kappa shape index (κ2) is 7.20. The molecule has 0 amide bonds. The first-order chi connectivity index (χ1) is 8.13. The predicted molar refractivity (Wildman–Crippen MR) is 62.5 cm³/mol. The van der Waals surface area contributed by atoms with Crippen molar-refractivity contribution in [3.8, 4) is 0 Å². The first-order valence-electron chi connectivity index (χ1n) is 6.33. The lowest BCUT2D eigenvalue weighted by Gasteiger charge is -2.04. The summed E-state index contributed by atoms with van der Waals surface area (Å²) in [7, 11) is 0. The van der Waals surface area contributed by atoms with E-state index in [-0.39, 0.29) is 36.3 Å². The molecule has 1 atom stereocenters. The van der Waals surface area contributed by atoms with Gasteiger partial charge in [-0.2, -0.15) is 0 Å². The zero-order chi connectivity index (χ0) is 12.7. The lowest BCUT2D eigenvalue weighted by molar-refractivity contribution is -0.143. The number of unbranched alkanes of at least 4 members (excludes halogenated alkanes) is 2. The van der Waals surface area contributed by atoms with Gasteiger partial charge in [-0.15, -0.1) is 0 Å². The van der Waals surface area contributed by atoms with Gasteiger partial charge in [-0.05, 0) is 12.8 Å². The molecule has 17 heavy (non-hydrogen) atoms. The van der Waals surface area contributed by atoms with Crippen LogP contribution >= 0.6 is 0 Å². The molecule has 1 rings (SSSR count). The second-order valence-corrected chi connectivity index (χ2v) is 4.57. The fourth-order valence-corrected chi connectivity index (χ4v) is 1.95. The van der Waals surface area contributed by atoms with E-state index in [4.69, 9.17) is 4.74 Å². The average molecular weight is 240 g/mol. The molecule has 0 spiro atoms. The highest BCUT2D eigenvalue weighted by Gasteiger charge is 2.28. The van der Waals surface area contributed by atoms with E-state index in [0.717, 1.165) is 19.3 Å². The number of hydrogen-bond donors (Lipinski definition) is 0. The molecule has 4 nitrogen and oxygen atoms in total. The maximum Gasteiger partial charge on any atom is 0.309 e. The molecule has 0 aromatic carbocycles. The molecule has 0 aromatic heterocycles. The summed E-state index contributed by atoms with van der Waals surface area (Å²) >= 11 is 0. The number of cyclic esters (lactones) is 1. The summed E-state index contributed by atoms with van der Waals surface area (Å²) in [4.78, 5) is 34.2. The van der Waals surface area contributed by atoms with Crippen molar-refractivity contribution < 1.29 is 19.1 Å². The standard InChI is InChI=1S/C13H20O4/c1-2-3-4-5-11(14)9-12(15)8-10-6-7-17-13(10)16/h10H,2-9H2,1H3. The molecule has 1 aliphatic heterocycles. The number of esters is 1. The van der Waals surface area contributed by atoms with Gasteiger partial charge in [-0.1, -0.05) is 19.8 Å². The van der Waals surface area contributed by atoms with Gasteiger partial charge >= 0.3 is 5.97 Å². The van der Waals surface area contributed by atoms with Crippen LogP contribution < -0.4 is 0 Å². The van der Waals surface area contributed by atoms with Crippen molar-refractivity contribution in [2.75, 3.05) is 6.61 Å². The number of rotatable bonds is 8. The van der Waals surface area contributed by atoms with Crippen LogP contribution in [0.4, 0.5) is 0 Å². The summed E-state index contributed by atoms with van der Waals surface area (Å²) in [6, 6.07) is 0. The number of hydrogen-bond acceptors (Lipinski definition) is 4. The Kier molecular flexibility index (Phi) is 5.87. The number of ketones is 2. The SMILES string of the molecule is CCCCCC(=O)CC(=O)CC1CCOC1=O. The summed E-state index contributed by atoms with van der Waals surface area (Å²) in [5, 5.41) is 0. The van der Waals surface area contributed by atoms with Crippen LogP contribution in [0.5, 0.6) is 0 Å². The van der Waals surface area contributed by atoms with Crippen LogP contribution in [0.3, 0.4) is 0 Å². The predicted octanol–water partition coefficient (Wildman–Crippen LogP) is 2.05. The van der Waals surface area contributed by atoms with Gasteiger partial charge in [-0.25, -0.2) is 0 Å². The Hall–Kier alpha value is -1.19. The van der Waals surface area contributed by atoms with Gasteiger partial charge in [-0.3, -0.25) is 14.4 Å². The molecule has 0 bridgehead atoms. The maximum atomic E-state index is 11.6. The number of Topliss-reactive ketones (excluding diaryl/α,β-unsaturated/α-hetero) is 2. The van der Waals surface area contributed by atoms with E-state index >= 15 is 0 Å². The summed E-state index contributed by atoms with van der Waals surface area (Å²) in [5.74, 6) is -0.743. The van der Waals surface area contributed by atoms with E-state index in [1.54, 1.807) is 0 Å². The molecule has 96 valence electrons. The number of carbonyl (C=O) groups is 3. The zero-order valence-electron chi connectivity index (χ0n) is 10.4. The van der Waals surface area contributed by atoms with Crippen LogP contribution in [0.25, 0.3) is 0 Å². The second-order valence-electron chi connectivity index (χ2n) is 4.57. The van der Waals surface area contributed by atoms with Crippen LogP contribution in [0.2, 0.25) is 0 Å². The molecule has 4 heteroatoms. The van der Waals surface area contributed by atoms with E-state index in [1.807, 2.05) is 0 Å². The quantitative estimate of drug-likeness (QED) is 0.370. The fourth-order valence-electron chi connectivity index (χ4n) is 1.95. The number of ether oxygens (including phenoxy) is 1. The van der Waals surface area contributed by atoms with E-state index in [9.17, 15) is 14.4 Å². The van der Waals surface area contributed by atoms with Crippen LogP contribution in [0.15, 0.2) is 0 Å². The van der Waals surface area contributed by atoms with E-state index < -0.39 is 0 Å². The van der Waals surface area contributed by atoms with Crippen molar-refractivity contribution in [3.63, 3.8) is 0 Å². The first kappa shape index (κ1) is 13.9. The summed E-state index contributed by atoms with van der Waals surface area (Å²) in [6.45, 7) is 2.47. The maximum absolute atomic E-state index is 11.6. The fraction of sp³-hybridized carbons (Fsp3) is 0.769. The Morgan fingerprint density at radius 2 is 2.06 bits per heavy atom. The van der Waals surface area contributed by atoms with Crippen molar-refractivity contribution in [1.29, 1.82) is 0 Å². The van der Waals surface area contributed by atoms with Gasteiger partial charge < -0.3 is 4.74 Å². The minimum Gasteiger partial charge on any atom is -0.465 e. The Morgan fingerprint density at radius 3 is 2.65 bits per heavy atom. The Morgan fingerprint density at radius 1 is 1.29 bits per heavy atom. The molecule has 0 radical (unpaired) electrons. The van der Waals surface area contributed by atoms with E-state index in [2.05, 4.69) is 6.92 Å². The molecule has 1 unspecified atom stereocenters. The van der Waals surface area contributed by atoms with Gasteiger partial charge in [0, 0.05) is 12.8 Å². The Balaban J connectivity index is 2.20. The molecule has 1 fully saturated rings. The molecule has 1 heterocycles. The van der Waals surface area contributed by atoms with Gasteiger partial charge in [0.05, 0.1) is 18.9 Å². The highest BCUT2D eigenvalue weighted by molar-refractivity contribution is 6.00. The topological polar surface area (TPSA) is 60.4 Å². The van der Waals surface area contributed by atoms with Crippen molar-refractivity contribution in [1.82, 2.24) is 0 Å². The van der Waals surface area contributed by atoms with Gasteiger partial charge in [0.25, 0.3) is 0 Å². The molecule has 1 saturated heterocycles. The normalized spacial score (nSPS) is 19.1. The van der Waals surface area contributed by atoms with Crippen molar-refractivity contribution in [2.24, 2.45) is 5.92 Å². The van der Waals surface area contributed by atoms with Gasteiger partial charge in [0.2, 0.25) is 0 Å². The van der Waals surface area contributed by atoms with Gasteiger partial charge in [0.15, 0.2) is 0 Å². The van der Waals surface area contributed by atoms with Crippen molar-refractivity contribution in [2.45, 2.75) is 51.9 Å². The molecular formula is C13H20O4. The third-order valence-electron chi connectivity index (χ3n) is 2.97. The highest BCUT2D eigenvalue weighted by Crippen LogP contribution is 2.19. The Labute approximate surface area is 102 Å². The van der Waals surface area contributed by atoms with Crippen LogP contribution in [0.1, 0.15) is 51.9 Å². The lowest BCUT2D eigenvalue weighted by atomic mass is 9.97. The lowest BCUT2D eigenvalue weighted by Crippen LogP contribution is -2.16. The monoisotopic (exact) mass is 240 g/mol. The van der Waals surface area contributed by atoms with Crippen molar-refractivity contribution in [3.05, 3.63) is 0 Å². The zero-order valence-corrected chi connectivity index (χ0v) is 10.4. The highest BCUT2D eigenvalue weighted by atomic mass is 16.5. The average Bonchev–Trinajstić information content (AvgIpc) is 2.64. The molecular weight excluding hydrogens is 220 g/mol. The molecule has 0 aromatic rings. The third kappa shape index (κ3) is 5.11. The van der Waals surface area contributed by atoms with Gasteiger partial charge in [0.1, 0.15) is 11.6 Å². The van der Waals surface area contributed by atoms with Crippen LogP contribution in [-0.2, 0) is 19.1 Å². The smallest absolute Gasteiger partial charge is 0.309 e. The third-order valence-corrected chi connectivity index (χ3v) is 2.97. The minimum absolute atomic E-state index is 0.00480. The number of carbonyl (C=O) groups excluding carboxylic acids is 3. The minimum atomic E-state index is -0.314. The van der Waals surface area contributed by atoms with Crippen LogP contribution in [0, 0.1) is 5.92 Å². The summed E-state index contributed by atoms with van der Waals surface area (Å²) in [6.07, 6.45) is 4.17. The Bertz CT molecular complexity index is 296. The summed E-state index contributed by atoms with van der Waals surface area (Å²) in [5.41, 5.74) is 0. The summed E-state index contributed by atoms with van der Waals surface area (Å²) < 4.78 is 4.77. The first-order valence-corrected chi connectivity index (χ1v) is 6.33. The molecule has 0 N–H and O–H groups in total. The van der Waals surface area contributed by atoms with E-state index in [1.165, 1.54) is 0 Å². The molecule has 0 aliphatic carbocycles.